The lowest BCUT2D eigenvalue weighted by Crippen LogP contribution is -2.51. The molecule has 1 aliphatic rings. The largest absolute Gasteiger partial charge is 0.389 e. The Hall–Kier alpha value is -1.16. The van der Waals surface area contributed by atoms with Crippen LogP contribution in [0.1, 0.15) is 0 Å². The number of nitrogens with zero attached hydrogens (tertiary/aromatic N) is 3. The van der Waals surface area contributed by atoms with Gasteiger partial charge >= 0.3 is 0 Å². The number of aliphatic hydroxyl groups is 1. The van der Waals surface area contributed by atoms with E-state index in [9.17, 15) is 0 Å². The number of hydrogen-bond donors (Lipinski definition) is 1. The van der Waals surface area contributed by atoms with Crippen molar-refractivity contribution in [1.82, 2.24) is 10.2 Å². The average Bonchev–Trinajstić information content (AvgIpc) is 2.01. The molecule has 4 nitrogen and oxygen atoms in total. The van der Waals surface area contributed by atoms with Crippen LogP contribution in [0.15, 0.2) is 18.3 Å². The molecule has 1 aromatic rings. The van der Waals surface area contributed by atoms with Crippen LogP contribution in [0.3, 0.4) is 0 Å². The molecule has 0 saturated carbocycles. The monoisotopic (exact) mass is 151 g/mol. The van der Waals surface area contributed by atoms with Crippen molar-refractivity contribution in [3.63, 3.8) is 0 Å². The first-order valence-corrected chi connectivity index (χ1v) is 3.57. The molecule has 2 rings (SSSR count). The maximum absolute atomic E-state index is 8.99. The Morgan fingerprint density at radius 2 is 2.36 bits per heavy atom. The summed E-state index contributed by atoms with van der Waals surface area (Å²) in [6.07, 6.45) is 1.46. The number of aliphatic hydroxyl groups excluding tert-OH is 1. The van der Waals surface area contributed by atoms with Crippen LogP contribution in [0.25, 0.3) is 0 Å². The number of anilines is 1. The molecule has 0 atom stereocenters. The van der Waals surface area contributed by atoms with Gasteiger partial charge in [0.2, 0.25) is 0 Å². The van der Waals surface area contributed by atoms with Gasteiger partial charge in [-0.15, -0.1) is 5.10 Å². The van der Waals surface area contributed by atoms with Crippen molar-refractivity contribution in [2.45, 2.75) is 6.10 Å². The molecular formula is C7H9N3O. The first kappa shape index (κ1) is 6.54. The summed E-state index contributed by atoms with van der Waals surface area (Å²) in [5.41, 5.74) is 0. The SMILES string of the molecule is OC1CN(c2cccnn2)C1. The highest BCUT2D eigenvalue weighted by Gasteiger charge is 2.25. The van der Waals surface area contributed by atoms with Gasteiger partial charge in [0.05, 0.1) is 6.10 Å². The molecule has 11 heavy (non-hydrogen) atoms. The molecule has 1 saturated heterocycles. The lowest BCUT2D eigenvalue weighted by Gasteiger charge is -2.36. The Kier molecular flexibility index (Phi) is 1.47. The molecule has 0 bridgehead atoms. The summed E-state index contributed by atoms with van der Waals surface area (Å²) < 4.78 is 0. The van der Waals surface area contributed by atoms with Crippen LogP contribution in [0.5, 0.6) is 0 Å². The summed E-state index contributed by atoms with van der Waals surface area (Å²) in [4.78, 5) is 1.98. The Morgan fingerprint density at radius 3 is 2.91 bits per heavy atom. The zero-order valence-electron chi connectivity index (χ0n) is 6.01. The van der Waals surface area contributed by atoms with Crippen molar-refractivity contribution in [1.29, 1.82) is 0 Å². The van der Waals surface area contributed by atoms with E-state index in [4.69, 9.17) is 5.11 Å². The molecule has 2 heterocycles. The molecule has 4 heteroatoms. The average molecular weight is 151 g/mol. The van der Waals surface area contributed by atoms with E-state index in [2.05, 4.69) is 10.2 Å². The zero-order chi connectivity index (χ0) is 7.68. The third kappa shape index (κ3) is 1.17. The van der Waals surface area contributed by atoms with Gasteiger partial charge < -0.3 is 10.0 Å². The van der Waals surface area contributed by atoms with E-state index in [0.717, 1.165) is 5.82 Å². The summed E-state index contributed by atoms with van der Waals surface area (Å²) in [5, 5.41) is 16.6. The van der Waals surface area contributed by atoms with Crippen molar-refractivity contribution in [3.8, 4) is 0 Å². The molecule has 1 fully saturated rings. The molecule has 58 valence electrons. The molecule has 0 radical (unpaired) electrons. The minimum Gasteiger partial charge on any atom is -0.389 e. The van der Waals surface area contributed by atoms with Crippen LogP contribution in [0.4, 0.5) is 5.82 Å². The highest BCUT2D eigenvalue weighted by molar-refractivity contribution is 5.40. The number of hydrogen-bond acceptors (Lipinski definition) is 4. The third-order valence-corrected chi connectivity index (χ3v) is 1.74. The molecule has 0 amide bonds. The normalized spacial score (nSPS) is 18.1. The molecule has 0 aliphatic carbocycles. The van der Waals surface area contributed by atoms with Crippen LogP contribution in [0, 0.1) is 0 Å². The zero-order valence-corrected chi connectivity index (χ0v) is 6.01. The molecule has 0 aromatic carbocycles. The highest BCUT2D eigenvalue weighted by Crippen LogP contribution is 2.15. The Labute approximate surface area is 64.5 Å². The van der Waals surface area contributed by atoms with E-state index >= 15 is 0 Å². The lowest BCUT2D eigenvalue weighted by molar-refractivity contribution is 0.141. The Balaban J connectivity index is 2.08. The van der Waals surface area contributed by atoms with Gasteiger partial charge in [0.1, 0.15) is 0 Å². The van der Waals surface area contributed by atoms with Gasteiger partial charge in [-0.25, -0.2) is 0 Å². The molecule has 1 aliphatic heterocycles. The van der Waals surface area contributed by atoms with Gasteiger partial charge in [0, 0.05) is 19.3 Å². The van der Waals surface area contributed by atoms with Crippen molar-refractivity contribution in [3.05, 3.63) is 18.3 Å². The van der Waals surface area contributed by atoms with Crippen molar-refractivity contribution in [2.24, 2.45) is 0 Å². The molecule has 0 unspecified atom stereocenters. The Bertz CT molecular complexity index is 233. The van der Waals surface area contributed by atoms with Crippen molar-refractivity contribution in [2.75, 3.05) is 18.0 Å². The van der Waals surface area contributed by atoms with Crippen molar-refractivity contribution >= 4 is 5.82 Å². The summed E-state index contributed by atoms with van der Waals surface area (Å²) in [7, 11) is 0. The van der Waals surface area contributed by atoms with Crippen LogP contribution in [-0.2, 0) is 0 Å². The Morgan fingerprint density at radius 1 is 1.55 bits per heavy atom. The standard InChI is InChI=1S/C7H9N3O/c11-6-4-10(5-6)7-2-1-3-8-9-7/h1-3,6,11H,4-5H2. The predicted octanol–water partition coefficient (Wildman–Crippen LogP) is -0.343. The van der Waals surface area contributed by atoms with E-state index in [1.54, 1.807) is 6.20 Å². The van der Waals surface area contributed by atoms with Crippen LogP contribution in [-0.4, -0.2) is 34.5 Å². The molecule has 1 aromatic heterocycles. The topological polar surface area (TPSA) is 49.2 Å². The maximum Gasteiger partial charge on any atom is 0.151 e. The minimum absolute atomic E-state index is 0.183. The van der Waals surface area contributed by atoms with E-state index < -0.39 is 0 Å². The van der Waals surface area contributed by atoms with Crippen molar-refractivity contribution < 1.29 is 5.11 Å². The first-order chi connectivity index (χ1) is 5.36. The summed E-state index contributed by atoms with van der Waals surface area (Å²) in [5.74, 6) is 0.845. The number of β-amino-alcohol motifs (C(OH)–C–C–N with tert-alkyl or cyclic N) is 1. The number of aromatic nitrogens is 2. The van der Waals surface area contributed by atoms with Gasteiger partial charge in [0.15, 0.2) is 5.82 Å². The summed E-state index contributed by atoms with van der Waals surface area (Å²) in [6.45, 7) is 1.36. The maximum atomic E-state index is 8.99. The van der Waals surface area contributed by atoms with Gasteiger partial charge in [0.25, 0.3) is 0 Å². The fraction of sp³-hybridized carbons (Fsp3) is 0.429. The van der Waals surface area contributed by atoms with E-state index in [1.807, 2.05) is 17.0 Å². The van der Waals surface area contributed by atoms with Gasteiger partial charge in [-0.05, 0) is 12.1 Å². The van der Waals surface area contributed by atoms with Crippen LogP contribution >= 0.6 is 0 Å². The predicted molar refractivity (Wildman–Crippen MR) is 40.3 cm³/mol. The van der Waals surface area contributed by atoms with Gasteiger partial charge in [-0.1, -0.05) is 0 Å². The fourth-order valence-corrected chi connectivity index (χ4v) is 1.10. The van der Waals surface area contributed by atoms with E-state index in [-0.39, 0.29) is 6.10 Å². The molecule has 0 spiro atoms. The summed E-state index contributed by atoms with van der Waals surface area (Å²) >= 11 is 0. The van der Waals surface area contributed by atoms with Gasteiger partial charge in [-0.2, -0.15) is 5.10 Å². The lowest BCUT2D eigenvalue weighted by atomic mass is 10.2. The third-order valence-electron chi connectivity index (χ3n) is 1.74. The number of rotatable bonds is 1. The van der Waals surface area contributed by atoms with Gasteiger partial charge in [-0.3, -0.25) is 0 Å². The quantitative estimate of drug-likeness (QED) is 0.596. The second-order valence-corrected chi connectivity index (χ2v) is 2.64. The van der Waals surface area contributed by atoms with E-state index in [1.165, 1.54) is 0 Å². The first-order valence-electron chi connectivity index (χ1n) is 3.57. The molecule has 1 N–H and O–H groups in total. The molecular weight excluding hydrogens is 142 g/mol. The van der Waals surface area contributed by atoms with Crippen LogP contribution in [0.2, 0.25) is 0 Å². The van der Waals surface area contributed by atoms with Crippen LogP contribution < -0.4 is 4.90 Å². The fourth-order valence-electron chi connectivity index (χ4n) is 1.10. The smallest absolute Gasteiger partial charge is 0.151 e. The second kappa shape index (κ2) is 2.47. The minimum atomic E-state index is -0.183. The van der Waals surface area contributed by atoms with E-state index in [0.29, 0.717) is 13.1 Å². The second-order valence-electron chi connectivity index (χ2n) is 2.64. The highest BCUT2D eigenvalue weighted by atomic mass is 16.3. The summed E-state index contributed by atoms with van der Waals surface area (Å²) in [6, 6.07) is 3.73.